The maximum Gasteiger partial charge on any atom is 0.305 e. The highest BCUT2D eigenvalue weighted by molar-refractivity contribution is 5.69. The van der Waals surface area contributed by atoms with Gasteiger partial charge in [-0.3, -0.25) is 4.79 Å². The highest BCUT2D eigenvalue weighted by Gasteiger charge is 2.03. The van der Waals surface area contributed by atoms with Crippen LogP contribution in [-0.4, -0.2) is 12.6 Å². The summed E-state index contributed by atoms with van der Waals surface area (Å²) in [5.74, 6) is 0.916. The predicted molar refractivity (Wildman–Crippen MR) is 221 cm³/mol. The number of carbonyl (C=O) groups excluding carboxylic acids is 1. The van der Waals surface area contributed by atoms with Gasteiger partial charge in [-0.25, -0.2) is 0 Å². The van der Waals surface area contributed by atoms with Gasteiger partial charge in [0.25, 0.3) is 0 Å². The van der Waals surface area contributed by atoms with Gasteiger partial charge in [0, 0.05) is 6.42 Å². The van der Waals surface area contributed by atoms with Gasteiger partial charge in [-0.15, -0.1) is 0 Å². The highest BCUT2D eigenvalue weighted by Crippen LogP contribution is 2.17. The molecule has 49 heavy (non-hydrogen) atoms. The van der Waals surface area contributed by atoms with Crippen molar-refractivity contribution in [3.8, 4) is 0 Å². The van der Waals surface area contributed by atoms with Gasteiger partial charge in [0.15, 0.2) is 0 Å². The summed E-state index contributed by atoms with van der Waals surface area (Å²) < 4.78 is 5.44. The van der Waals surface area contributed by atoms with E-state index in [2.05, 4.69) is 20.8 Å². The molecule has 0 atom stereocenters. The molecule has 0 saturated carbocycles. The fourth-order valence-corrected chi connectivity index (χ4v) is 7.44. The van der Waals surface area contributed by atoms with E-state index in [1.165, 1.54) is 244 Å². The molecule has 0 saturated heterocycles. The van der Waals surface area contributed by atoms with Crippen LogP contribution in [0.25, 0.3) is 0 Å². The number of ether oxygens (including phenoxy) is 1. The van der Waals surface area contributed by atoms with Gasteiger partial charge in [0.05, 0.1) is 6.61 Å². The van der Waals surface area contributed by atoms with E-state index >= 15 is 0 Å². The van der Waals surface area contributed by atoms with Crippen molar-refractivity contribution in [3.05, 3.63) is 0 Å². The third-order valence-corrected chi connectivity index (χ3v) is 10.9. The Morgan fingerprint density at radius 2 is 0.592 bits per heavy atom. The fourth-order valence-electron chi connectivity index (χ4n) is 7.44. The maximum atomic E-state index is 11.9. The van der Waals surface area contributed by atoms with Crippen LogP contribution in [-0.2, 0) is 9.53 Å². The highest BCUT2D eigenvalue weighted by atomic mass is 16.5. The lowest BCUT2D eigenvalue weighted by atomic mass is 10.0. The van der Waals surface area contributed by atoms with Crippen LogP contribution in [0.4, 0.5) is 0 Å². The zero-order valence-corrected chi connectivity index (χ0v) is 34.6. The minimum absolute atomic E-state index is 0.0264. The first-order valence-corrected chi connectivity index (χ1v) is 23.3. The van der Waals surface area contributed by atoms with Crippen LogP contribution in [0, 0.1) is 5.92 Å². The topological polar surface area (TPSA) is 26.3 Å². The summed E-state index contributed by atoms with van der Waals surface area (Å²) in [7, 11) is 0. The average molecular weight is 691 g/mol. The summed E-state index contributed by atoms with van der Waals surface area (Å²) in [5.41, 5.74) is 0. The van der Waals surface area contributed by atoms with Crippen molar-refractivity contribution in [2.45, 2.75) is 284 Å². The zero-order chi connectivity index (χ0) is 35.6. The van der Waals surface area contributed by atoms with Gasteiger partial charge in [-0.1, -0.05) is 265 Å². The number of rotatable bonds is 43. The molecule has 0 aromatic heterocycles. The van der Waals surface area contributed by atoms with Gasteiger partial charge in [0.2, 0.25) is 0 Å². The van der Waals surface area contributed by atoms with Crippen molar-refractivity contribution in [2.75, 3.05) is 6.61 Å². The third-order valence-electron chi connectivity index (χ3n) is 10.9. The second kappa shape index (κ2) is 43.6. The summed E-state index contributed by atoms with van der Waals surface area (Å²) in [4.78, 5) is 11.9. The number of hydrogen-bond acceptors (Lipinski definition) is 2. The van der Waals surface area contributed by atoms with Crippen LogP contribution < -0.4 is 0 Å². The molecule has 0 rings (SSSR count). The number of esters is 1. The minimum Gasteiger partial charge on any atom is -0.466 e. The van der Waals surface area contributed by atoms with E-state index in [9.17, 15) is 4.79 Å². The summed E-state index contributed by atoms with van der Waals surface area (Å²) in [6.07, 6.45) is 56.6. The van der Waals surface area contributed by atoms with E-state index < -0.39 is 0 Å². The average Bonchev–Trinajstić information content (AvgIpc) is 3.09. The van der Waals surface area contributed by atoms with Crippen LogP contribution in [0.3, 0.4) is 0 Å². The lowest BCUT2D eigenvalue weighted by Gasteiger charge is -2.06. The van der Waals surface area contributed by atoms with E-state index in [1.54, 1.807) is 0 Å². The molecule has 2 nitrogen and oxygen atoms in total. The van der Waals surface area contributed by atoms with Crippen molar-refractivity contribution < 1.29 is 9.53 Å². The Morgan fingerprint density at radius 1 is 0.347 bits per heavy atom. The first kappa shape index (κ1) is 48.5. The molecular formula is C47H94O2. The second-order valence-corrected chi connectivity index (χ2v) is 16.6. The van der Waals surface area contributed by atoms with Crippen LogP contribution in [0.15, 0.2) is 0 Å². The van der Waals surface area contributed by atoms with Crippen molar-refractivity contribution in [1.82, 2.24) is 0 Å². The molecule has 0 aliphatic rings. The van der Waals surface area contributed by atoms with Crippen LogP contribution in [0.2, 0.25) is 0 Å². The lowest BCUT2D eigenvalue weighted by molar-refractivity contribution is -0.143. The Labute approximate surface area is 311 Å². The Balaban J connectivity index is 3.11. The van der Waals surface area contributed by atoms with Gasteiger partial charge in [-0.2, -0.15) is 0 Å². The predicted octanol–water partition coefficient (Wildman–Crippen LogP) is 17.2. The molecule has 0 heterocycles. The molecule has 0 amide bonds. The van der Waals surface area contributed by atoms with Gasteiger partial charge in [0.1, 0.15) is 0 Å². The molecule has 0 aliphatic carbocycles. The number of carbonyl (C=O) groups is 1. The smallest absolute Gasteiger partial charge is 0.305 e. The van der Waals surface area contributed by atoms with E-state index in [0.717, 1.165) is 18.8 Å². The van der Waals surface area contributed by atoms with Crippen LogP contribution in [0.1, 0.15) is 284 Å². The van der Waals surface area contributed by atoms with Gasteiger partial charge >= 0.3 is 5.97 Å². The van der Waals surface area contributed by atoms with Crippen molar-refractivity contribution in [2.24, 2.45) is 5.92 Å². The van der Waals surface area contributed by atoms with Gasteiger partial charge < -0.3 is 4.74 Å². The molecule has 0 aromatic carbocycles. The number of hydrogen-bond donors (Lipinski definition) is 0. The first-order valence-electron chi connectivity index (χ1n) is 23.3. The van der Waals surface area contributed by atoms with Crippen molar-refractivity contribution in [1.29, 1.82) is 0 Å². The quantitative estimate of drug-likeness (QED) is 0.0470. The maximum absolute atomic E-state index is 11.9. The second-order valence-electron chi connectivity index (χ2n) is 16.6. The summed E-state index contributed by atoms with van der Waals surface area (Å²) in [6.45, 7) is 7.60. The lowest BCUT2D eigenvalue weighted by Crippen LogP contribution is -2.05. The largest absolute Gasteiger partial charge is 0.466 e. The zero-order valence-electron chi connectivity index (χ0n) is 34.6. The van der Waals surface area contributed by atoms with E-state index in [1.807, 2.05) is 0 Å². The third kappa shape index (κ3) is 45.4. The van der Waals surface area contributed by atoms with E-state index in [-0.39, 0.29) is 5.97 Å². The molecule has 0 spiro atoms. The summed E-state index contributed by atoms with van der Waals surface area (Å²) >= 11 is 0. The molecule has 0 radical (unpaired) electrons. The Bertz CT molecular complexity index is 599. The first-order chi connectivity index (χ1) is 24.2. The molecule has 0 aromatic rings. The number of unbranched alkanes of at least 4 members (excludes halogenated alkanes) is 37. The standard InChI is InChI=1S/C47H94O2/c1-4-5-6-7-8-31-35-38-41-44-47(48)49-45-42-39-36-33-30-28-26-24-22-20-18-16-14-12-10-9-11-13-15-17-19-21-23-25-27-29-32-34-37-40-43-46(2)3/h46H,4-45H2,1-3H3. The Morgan fingerprint density at radius 3 is 0.878 bits per heavy atom. The molecular weight excluding hydrogens is 597 g/mol. The van der Waals surface area contributed by atoms with Gasteiger partial charge in [-0.05, 0) is 18.8 Å². The molecule has 0 fully saturated rings. The van der Waals surface area contributed by atoms with Crippen LogP contribution >= 0.6 is 0 Å². The Kier molecular flexibility index (Phi) is 43.2. The summed E-state index contributed by atoms with van der Waals surface area (Å²) in [6, 6.07) is 0. The van der Waals surface area contributed by atoms with Crippen molar-refractivity contribution >= 4 is 5.97 Å². The van der Waals surface area contributed by atoms with E-state index in [4.69, 9.17) is 4.74 Å². The summed E-state index contributed by atoms with van der Waals surface area (Å²) in [5, 5.41) is 0. The molecule has 2 heteroatoms. The molecule has 0 unspecified atom stereocenters. The fraction of sp³-hybridized carbons (Fsp3) is 0.979. The monoisotopic (exact) mass is 691 g/mol. The minimum atomic E-state index is 0.0264. The molecule has 0 aliphatic heterocycles. The SMILES string of the molecule is CCCCCCCCCCCC(=O)OCCCCCCCCCCCCCCCCCCCCCCCCCCCCCCCCC(C)C. The Hall–Kier alpha value is -0.530. The van der Waals surface area contributed by atoms with Crippen molar-refractivity contribution in [3.63, 3.8) is 0 Å². The van der Waals surface area contributed by atoms with E-state index in [0.29, 0.717) is 13.0 Å². The van der Waals surface area contributed by atoms with Crippen LogP contribution in [0.5, 0.6) is 0 Å². The normalized spacial score (nSPS) is 11.6. The molecule has 294 valence electrons. The molecule has 0 bridgehead atoms. The molecule has 0 N–H and O–H groups in total.